The maximum Gasteiger partial charge on any atom is 0.303 e. The molecule has 1 amide bonds. The molecule has 1 N–H and O–H groups in total. The minimum atomic E-state index is -3.31. The highest BCUT2D eigenvalue weighted by molar-refractivity contribution is 7.91. The van der Waals surface area contributed by atoms with Crippen LogP contribution >= 0.6 is 0 Å². The summed E-state index contributed by atoms with van der Waals surface area (Å²) >= 11 is 0. The zero-order chi connectivity index (χ0) is 14.6. The SMILES string of the molecule is CC(CC(=O)O)C1CCCN(C(=O)CS(C)(=O)=O)C1. The Morgan fingerprint density at radius 2 is 2.05 bits per heavy atom. The van der Waals surface area contributed by atoms with E-state index in [1.165, 1.54) is 0 Å². The standard InChI is InChI=1S/C12H21NO5S/c1-9(6-12(15)16)10-4-3-5-13(7-10)11(14)8-19(2,17)18/h9-10H,3-8H2,1-2H3,(H,15,16). The number of rotatable bonds is 5. The van der Waals surface area contributed by atoms with Crippen LogP contribution in [0.2, 0.25) is 0 Å². The maximum absolute atomic E-state index is 11.8. The molecule has 0 aromatic heterocycles. The maximum atomic E-state index is 11.8. The molecule has 19 heavy (non-hydrogen) atoms. The first-order valence-electron chi connectivity index (χ1n) is 6.36. The lowest BCUT2D eigenvalue weighted by molar-refractivity contribution is -0.138. The van der Waals surface area contributed by atoms with E-state index >= 15 is 0 Å². The second-order valence-electron chi connectivity index (χ2n) is 5.39. The van der Waals surface area contributed by atoms with E-state index < -0.39 is 21.6 Å². The van der Waals surface area contributed by atoms with E-state index in [4.69, 9.17) is 5.11 Å². The fourth-order valence-corrected chi connectivity index (χ4v) is 3.09. The van der Waals surface area contributed by atoms with Crippen molar-refractivity contribution in [1.82, 2.24) is 4.90 Å². The highest BCUT2D eigenvalue weighted by Gasteiger charge is 2.29. The van der Waals surface area contributed by atoms with E-state index in [1.54, 1.807) is 4.90 Å². The molecule has 6 nitrogen and oxygen atoms in total. The Morgan fingerprint density at radius 3 is 2.58 bits per heavy atom. The van der Waals surface area contributed by atoms with Crippen LogP contribution in [0.1, 0.15) is 26.2 Å². The number of carboxylic acids is 1. The molecule has 1 saturated heterocycles. The summed E-state index contributed by atoms with van der Waals surface area (Å²) < 4.78 is 22.2. The first-order chi connectivity index (χ1) is 8.69. The molecule has 2 atom stereocenters. The van der Waals surface area contributed by atoms with Gasteiger partial charge in [0.05, 0.1) is 0 Å². The molecule has 1 heterocycles. The molecule has 0 spiro atoms. The van der Waals surface area contributed by atoms with Crippen LogP contribution in [0.4, 0.5) is 0 Å². The lowest BCUT2D eigenvalue weighted by Gasteiger charge is -2.35. The second-order valence-corrected chi connectivity index (χ2v) is 7.53. The van der Waals surface area contributed by atoms with Crippen molar-refractivity contribution >= 4 is 21.7 Å². The average Bonchev–Trinajstić information content (AvgIpc) is 2.26. The monoisotopic (exact) mass is 291 g/mol. The molecule has 2 unspecified atom stereocenters. The van der Waals surface area contributed by atoms with E-state index in [0.717, 1.165) is 19.1 Å². The van der Waals surface area contributed by atoms with Crippen molar-refractivity contribution in [2.45, 2.75) is 26.2 Å². The molecule has 0 saturated carbocycles. The lowest BCUT2D eigenvalue weighted by Crippen LogP contribution is -2.44. The van der Waals surface area contributed by atoms with E-state index in [0.29, 0.717) is 13.1 Å². The van der Waals surface area contributed by atoms with Crippen molar-refractivity contribution in [2.75, 3.05) is 25.1 Å². The van der Waals surface area contributed by atoms with Gasteiger partial charge in [-0.05, 0) is 24.7 Å². The molecule has 1 rings (SSSR count). The van der Waals surface area contributed by atoms with Crippen LogP contribution in [0.15, 0.2) is 0 Å². The fraction of sp³-hybridized carbons (Fsp3) is 0.833. The molecule has 0 radical (unpaired) electrons. The summed E-state index contributed by atoms with van der Waals surface area (Å²) in [6.07, 6.45) is 2.80. The number of aliphatic carboxylic acids is 1. The van der Waals surface area contributed by atoms with Gasteiger partial charge in [-0.25, -0.2) is 8.42 Å². The molecule has 0 aromatic carbocycles. The molecule has 110 valence electrons. The number of carboxylic acid groups (broad SMARTS) is 1. The predicted molar refractivity (Wildman–Crippen MR) is 70.4 cm³/mol. The molecular weight excluding hydrogens is 270 g/mol. The molecule has 1 aliphatic rings. The van der Waals surface area contributed by atoms with Gasteiger partial charge >= 0.3 is 5.97 Å². The van der Waals surface area contributed by atoms with Crippen molar-refractivity contribution in [2.24, 2.45) is 11.8 Å². The van der Waals surface area contributed by atoms with Crippen molar-refractivity contribution < 1.29 is 23.1 Å². The number of sulfone groups is 1. The number of likely N-dealkylation sites (tertiary alicyclic amines) is 1. The number of carbonyl (C=O) groups is 2. The third kappa shape index (κ3) is 5.59. The van der Waals surface area contributed by atoms with Crippen LogP contribution < -0.4 is 0 Å². The van der Waals surface area contributed by atoms with Gasteiger partial charge in [-0.1, -0.05) is 6.92 Å². The summed E-state index contributed by atoms with van der Waals surface area (Å²) in [5, 5.41) is 8.78. The third-order valence-electron chi connectivity index (χ3n) is 3.50. The Hall–Kier alpha value is -1.11. The van der Waals surface area contributed by atoms with Crippen LogP contribution in [-0.4, -0.2) is 55.4 Å². The average molecular weight is 291 g/mol. The lowest BCUT2D eigenvalue weighted by atomic mass is 9.84. The van der Waals surface area contributed by atoms with Crippen molar-refractivity contribution in [3.63, 3.8) is 0 Å². The topological polar surface area (TPSA) is 91.8 Å². The van der Waals surface area contributed by atoms with Gasteiger partial charge < -0.3 is 10.0 Å². The molecule has 0 bridgehead atoms. The Labute approximate surface area is 113 Å². The molecule has 7 heteroatoms. The number of nitrogens with zero attached hydrogens (tertiary/aromatic N) is 1. The summed E-state index contributed by atoms with van der Waals surface area (Å²) in [7, 11) is -3.31. The number of carbonyl (C=O) groups excluding carboxylic acids is 1. The van der Waals surface area contributed by atoms with E-state index in [9.17, 15) is 18.0 Å². The molecule has 1 fully saturated rings. The van der Waals surface area contributed by atoms with Gasteiger partial charge in [0.1, 0.15) is 5.75 Å². The highest BCUT2D eigenvalue weighted by atomic mass is 32.2. The number of amides is 1. The zero-order valence-electron chi connectivity index (χ0n) is 11.3. The summed E-state index contributed by atoms with van der Waals surface area (Å²) in [5.74, 6) is -1.56. The van der Waals surface area contributed by atoms with Crippen LogP contribution in [0.5, 0.6) is 0 Å². The van der Waals surface area contributed by atoms with Crippen LogP contribution in [-0.2, 0) is 19.4 Å². The number of piperidine rings is 1. The van der Waals surface area contributed by atoms with Gasteiger partial charge in [-0.15, -0.1) is 0 Å². The van der Waals surface area contributed by atoms with E-state index in [2.05, 4.69) is 0 Å². The fourth-order valence-electron chi connectivity index (χ4n) is 2.46. The quantitative estimate of drug-likeness (QED) is 0.790. The van der Waals surface area contributed by atoms with Gasteiger partial charge in [0.25, 0.3) is 0 Å². The van der Waals surface area contributed by atoms with E-state index in [-0.39, 0.29) is 24.2 Å². The smallest absolute Gasteiger partial charge is 0.303 e. The van der Waals surface area contributed by atoms with Crippen LogP contribution in [0.25, 0.3) is 0 Å². The minimum absolute atomic E-state index is 0.00802. The molecule has 1 aliphatic heterocycles. The van der Waals surface area contributed by atoms with Crippen LogP contribution in [0.3, 0.4) is 0 Å². The normalized spacial score (nSPS) is 22.0. The first kappa shape index (κ1) is 15.9. The van der Waals surface area contributed by atoms with Crippen LogP contribution in [0, 0.1) is 11.8 Å². The molecule has 0 aliphatic carbocycles. The van der Waals surface area contributed by atoms with E-state index in [1.807, 2.05) is 6.92 Å². The zero-order valence-corrected chi connectivity index (χ0v) is 12.1. The Morgan fingerprint density at radius 1 is 1.42 bits per heavy atom. The summed E-state index contributed by atoms with van der Waals surface area (Å²) in [5.41, 5.74) is 0. The second kappa shape index (κ2) is 6.36. The Kier molecular flexibility index (Phi) is 5.34. The molecular formula is C12H21NO5S. The largest absolute Gasteiger partial charge is 0.481 e. The van der Waals surface area contributed by atoms with Crippen molar-refractivity contribution in [3.8, 4) is 0 Å². The minimum Gasteiger partial charge on any atom is -0.481 e. The summed E-state index contributed by atoms with van der Waals surface area (Å²) in [6, 6.07) is 0. The number of hydrogen-bond acceptors (Lipinski definition) is 4. The van der Waals surface area contributed by atoms with Gasteiger partial charge in [-0.3, -0.25) is 9.59 Å². The Bertz CT molecular complexity index is 445. The van der Waals surface area contributed by atoms with Crippen molar-refractivity contribution in [3.05, 3.63) is 0 Å². The first-order valence-corrected chi connectivity index (χ1v) is 8.42. The molecule has 0 aromatic rings. The van der Waals surface area contributed by atoms with Gasteiger partial charge in [-0.2, -0.15) is 0 Å². The van der Waals surface area contributed by atoms with Gasteiger partial charge in [0.2, 0.25) is 5.91 Å². The summed E-state index contributed by atoms with van der Waals surface area (Å²) in [6.45, 7) is 2.89. The van der Waals surface area contributed by atoms with Gasteiger partial charge in [0, 0.05) is 25.8 Å². The third-order valence-corrected chi connectivity index (χ3v) is 4.27. The highest BCUT2D eigenvalue weighted by Crippen LogP contribution is 2.26. The van der Waals surface area contributed by atoms with Gasteiger partial charge in [0.15, 0.2) is 9.84 Å². The number of hydrogen-bond donors (Lipinski definition) is 1. The van der Waals surface area contributed by atoms with Crippen molar-refractivity contribution in [1.29, 1.82) is 0 Å². The summed E-state index contributed by atoms with van der Waals surface area (Å²) in [4.78, 5) is 24.1. The predicted octanol–water partition coefficient (Wildman–Crippen LogP) is 0.380. The Balaban J connectivity index is 2.59.